The first-order chi connectivity index (χ1) is 10.3. The van der Waals surface area contributed by atoms with Crippen LogP contribution in [0.4, 0.5) is 5.69 Å². The normalized spacial score (nSPS) is 23.8. The minimum absolute atomic E-state index is 0.0540. The van der Waals surface area contributed by atoms with E-state index in [4.69, 9.17) is 5.26 Å². The zero-order valence-electron chi connectivity index (χ0n) is 12.1. The molecule has 1 saturated heterocycles. The van der Waals surface area contributed by atoms with Gasteiger partial charge in [0.2, 0.25) is 5.91 Å². The van der Waals surface area contributed by atoms with Crippen molar-refractivity contribution >= 4 is 11.6 Å². The standard InChI is InChI=1S/C16H20N4O/c17-7-8-19-9-11-20(12-10-19)15-6-5-13-3-1-2-4-14(13)18-16(15)21/h1-4,15H,5-6,8-12H2,(H,18,21). The van der Waals surface area contributed by atoms with Crippen LogP contribution < -0.4 is 5.32 Å². The van der Waals surface area contributed by atoms with E-state index in [0.29, 0.717) is 6.54 Å². The molecule has 2 aliphatic heterocycles. The van der Waals surface area contributed by atoms with E-state index >= 15 is 0 Å². The summed E-state index contributed by atoms with van der Waals surface area (Å²) in [4.78, 5) is 16.9. The first-order valence-corrected chi connectivity index (χ1v) is 7.50. The van der Waals surface area contributed by atoms with Gasteiger partial charge in [-0.2, -0.15) is 5.26 Å². The Balaban J connectivity index is 1.65. The second-order valence-corrected chi connectivity index (χ2v) is 5.67. The molecule has 5 heteroatoms. The number of nitrogens with zero attached hydrogens (tertiary/aromatic N) is 3. The lowest BCUT2D eigenvalue weighted by Gasteiger charge is -2.37. The first-order valence-electron chi connectivity index (χ1n) is 7.50. The fourth-order valence-electron chi connectivity index (χ4n) is 3.18. The Morgan fingerprint density at radius 3 is 2.76 bits per heavy atom. The van der Waals surface area contributed by atoms with Crippen LogP contribution in [0.2, 0.25) is 0 Å². The van der Waals surface area contributed by atoms with E-state index in [9.17, 15) is 4.79 Å². The number of hydrogen-bond acceptors (Lipinski definition) is 4. The van der Waals surface area contributed by atoms with Crippen LogP contribution in [-0.4, -0.2) is 54.5 Å². The maximum absolute atomic E-state index is 12.5. The van der Waals surface area contributed by atoms with E-state index in [1.165, 1.54) is 5.56 Å². The van der Waals surface area contributed by atoms with E-state index < -0.39 is 0 Å². The Morgan fingerprint density at radius 2 is 2.00 bits per heavy atom. The monoisotopic (exact) mass is 284 g/mol. The van der Waals surface area contributed by atoms with Gasteiger partial charge in [0.15, 0.2) is 0 Å². The van der Waals surface area contributed by atoms with Crippen molar-refractivity contribution in [1.29, 1.82) is 5.26 Å². The zero-order valence-corrected chi connectivity index (χ0v) is 12.1. The predicted octanol–water partition coefficient (Wildman–Crippen LogP) is 1.08. The molecule has 0 aliphatic carbocycles. The van der Waals surface area contributed by atoms with Crippen molar-refractivity contribution in [3.8, 4) is 6.07 Å². The number of fused-ring (bicyclic) bond motifs is 1. The number of piperazine rings is 1. The molecule has 3 rings (SSSR count). The van der Waals surface area contributed by atoms with Gasteiger partial charge in [-0.05, 0) is 24.5 Å². The average Bonchev–Trinajstić information content (AvgIpc) is 2.67. The molecule has 0 radical (unpaired) electrons. The number of para-hydroxylation sites is 1. The number of nitrogens with one attached hydrogen (secondary N) is 1. The molecule has 1 unspecified atom stereocenters. The van der Waals surface area contributed by atoms with Crippen LogP contribution in [-0.2, 0) is 11.2 Å². The number of carbonyl (C=O) groups excluding carboxylic acids is 1. The van der Waals surface area contributed by atoms with E-state index in [1.54, 1.807) is 0 Å². The van der Waals surface area contributed by atoms with Gasteiger partial charge in [0.05, 0.1) is 18.7 Å². The zero-order chi connectivity index (χ0) is 14.7. The van der Waals surface area contributed by atoms with Gasteiger partial charge in [-0.25, -0.2) is 0 Å². The van der Waals surface area contributed by atoms with Crippen LogP contribution >= 0.6 is 0 Å². The van der Waals surface area contributed by atoms with Gasteiger partial charge in [-0.3, -0.25) is 14.6 Å². The third-order valence-corrected chi connectivity index (χ3v) is 4.41. The van der Waals surface area contributed by atoms with Crippen LogP contribution in [0.15, 0.2) is 24.3 Å². The van der Waals surface area contributed by atoms with Crippen molar-refractivity contribution in [3.05, 3.63) is 29.8 Å². The summed E-state index contributed by atoms with van der Waals surface area (Å²) >= 11 is 0. The third kappa shape index (κ3) is 3.07. The summed E-state index contributed by atoms with van der Waals surface area (Å²) in [6.07, 6.45) is 1.79. The topological polar surface area (TPSA) is 59.4 Å². The van der Waals surface area contributed by atoms with Crippen LogP contribution in [0.1, 0.15) is 12.0 Å². The summed E-state index contributed by atoms with van der Waals surface area (Å²) in [5.74, 6) is 0.105. The van der Waals surface area contributed by atoms with Gasteiger partial charge in [0, 0.05) is 31.9 Å². The Morgan fingerprint density at radius 1 is 1.24 bits per heavy atom. The van der Waals surface area contributed by atoms with Crippen molar-refractivity contribution in [2.45, 2.75) is 18.9 Å². The van der Waals surface area contributed by atoms with E-state index in [0.717, 1.165) is 44.7 Å². The van der Waals surface area contributed by atoms with Crippen molar-refractivity contribution in [2.75, 3.05) is 38.0 Å². The Labute approximate surface area is 125 Å². The Bertz CT molecular complexity index is 558. The molecule has 0 saturated carbocycles. The predicted molar refractivity (Wildman–Crippen MR) is 80.8 cm³/mol. The number of amides is 1. The minimum atomic E-state index is -0.0540. The minimum Gasteiger partial charge on any atom is -0.324 e. The van der Waals surface area contributed by atoms with Gasteiger partial charge in [-0.1, -0.05) is 18.2 Å². The van der Waals surface area contributed by atoms with Gasteiger partial charge in [0.1, 0.15) is 0 Å². The van der Waals surface area contributed by atoms with E-state index in [-0.39, 0.29) is 11.9 Å². The highest BCUT2D eigenvalue weighted by Crippen LogP contribution is 2.24. The lowest BCUT2D eigenvalue weighted by Crippen LogP contribution is -2.53. The quantitative estimate of drug-likeness (QED) is 0.826. The smallest absolute Gasteiger partial charge is 0.241 e. The molecule has 0 bridgehead atoms. The van der Waals surface area contributed by atoms with Crippen molar-refractivity contribution in [3.63, 3.8) is 0 Å². The summed E-state index contributed by atoms with van der Waals surface area (Å²) in [5.41, 5.74) is 2.17. The van der Waals surface area contributed by atoms with Gasteiger partial charge < -0.3 is 5.32 Å². The first kappa shape index (κ1) is 14.1. The average molecular weight is 284 g/mol. The second-order valence-electron chi connectivity index (χ2n) is 5.67. The summed E-state index contributed by atoms with van der Waals surface area (Å²) < 4.78 is 0. The molecular weight excluding hydrogens is 264 g/mol. The third-order valence-electron chi connectivity index (χ3n) is 4.41. The Hall–Kier alpha value is -1.90. The lowest BCUT2D eigenvalue weighted by molar-refractivity contribution is -0.122. The molecule has 0 spiro atoms. The number of hydrogen-bond donors (Lipinski definition) is 1. The Kier molecular flexibility index (Phi) is 4.18. The van der Waals surface area contributed by atoms with E-state index in [1.807, 2.05) is 18.2 Å². The summed E-state index contributed by atoms with van der Waals surface area (Å²) in [6.45, 7) is 3.93. The molecule has 1 aromatic carbocycles. The number of benzene rings is 1. The molecule has 1 atom stereocenters. The van der Waals surface area contributed by atoms with Crippen molar-refractivity contribution < 1.29 is 4.79 Å². The van der Waals surface area contributed by atoms with E-state index in [2.05, 4.69) is 27.3 Å². The molecule has 5 nitrogen and oxygen atoms in total. The van der Waals surface area contributed by atoms with Crippen LogP contribution in [0.3, 0.4) is 0 Å². The fourth-order valence-corrected chi connectivity index (χ4v) is 3.18. The summed E-state index contributed by atoms with van der Waals surface area (Å²) in [5, 5.41) is 11.8. The lowest BCUT2D eigenvalue weighted by atomic mass is 10.0. The number of aryl methyl sites for hydroxylation is 1. The molecule has 21 heavy (non-hydrogen) atoms. The number of anilines is 1. The highest BCUT2D eigenvalue weighted by atomic mass is 16.2. The van der Waals surface area contributed by atoms with Crippen LogP contribution in [0.25, 0.3) is 0 Å². The molecular formula is C16H20N4O. The number of rotatable bonds is 2. The SMILES string of the molecule is N#CCN1CCN(C2CCc3ccccc3NC2=O)CC1. The number of carbonyl (C=O) groups is 1. The van der Waals surface area contributed by atoms with Crippen LogP contribution in [0.5, 0.6) is 0 Å². The molecule has 110 valence electrons. The molecule has 1 amide bonds. The highest BCUT2D eigenvalue weighted by Gasteiger charge is 2.30. The largest absolute Gasteiger partial charge is 0.324 e. The summed E-state index contributed by atoms with van der Waals surface area (Å²) in [7, 11) is 0. The van der Waals surface area contributed by atoms with Crippen molar-refractivity contribution in [1.82, 2.24) is 9.80 Å². The maximum Gasteiger partial charge on any atom is 0.241 e. The summed E-state index contributed by atoms with van der Waals surface area (Å²) in [6, 6.07) is 10.2. The molecule has 0 aromatic heterocycles. The van der Waals surface area contributed by atoms with Gasteiger partial charge in [0.25, 0.3) is 0 Å². The molecule has 2 heterocycles. The van der Waals surface area contributed by atoms with Gasteiger partial charge in [-0.15, -0.1) is 0 Å². The highest BCUT2D eigenvalue weighted by molar-refractivity contribution is 5.96. The number of nitriles is 1. The van der Waals surface area contributed by atoms with Gasteiger partial charge >= 0.3 is 0 Å². The molecule has 1 fully saturated rings. The molecule has 1 N–H and O–H groups in total. The fraction of sp³-hybridized carbons (Fsp3) is 0.500. The maximum atomic E-state index is 12.5. The molecule has 2 aliphatic rings. The second kappa shape index (κ2) is 6.25. The van der Waals surface area contributed by atoms with Crippen molar-refractivity contribution in [2.24, 2.45) is 0 Å². The molecule has 1 aromatic rings. The van der Waals surface area contributed by atoms with Crippen LogP contribution in [0, 0.1) is 11.3 Å².